The highest BCUT2D eigenvalue weighted by Crippen LogP contribution is 2.37. The molecule has 126 valence electrons. The van der Waals surface area contributed by atoms with Crippen molar-refractivity contribution in [1.29, 1.82) is 0 Å². The summed E-state index contributed by atoms with van der Waals surface area (Å²) in [6.45, 7) is 4.08. The summed E-state index contributed by atoms with van der Waals surface area (Å²) >= 11 is 0. The molecule has 2 aliphatic rings. The molecule has 0 aromatic heterocycles. The average molecular weight is 333 g/mol. The number of aryl methyl sites for hydroxylation is 1. The molecule has 1 atom stereocenters. The standard InChI is InChI=1S/C20H19N3O2/c1-12-10-15-8-9-23-18(15)16(11-12)17(14-6-4-3-5-7-14)22-19(20(23)25)21-13(2)24/h3-7,10-11,19H,8-9H2,1-2H3,(H,21,24). The molecule has 0 radical (unpaired) electrons. The third-order valence-corrected chi connectivity index (χ3v) is 4.61. The molecule has 0 bridgehead atoms. The zero-order valence-electron chi connectivity index (χ0n) is 14.2. The van der Waals surface area contributed by atoms with Gasteiger partial charge in [0, 0.05) is 24.6 Å². The van der Waals surface area contributed by atoms with E-state index in [0.29, 0.717) is 6.54 Å². The van der Waals surface area contributed by atoms with Crippen molar-refractivity contribution in [3.05, 3.63) is 64.7 Å². The Hall–Kier alpha value is -2.95. The Balaban J connectivity index is 1.97. The van der Waals surface area contributed by atoms with Gasteiger partial charge in [-0.05, 0) is 25.0 Å². The minimum Gasteiger partial charge on any atom is -0.327 e. The molecule has 2 amide bonds. The molecule has 0 fully saturated rings. The number of rotatable bonds is 2. The molecule has 25 heavy (non-hydrogen) atoms. The minimum absolute atomic E-state index is 0.176. The highest BCUT2D eigenvalue weighted by molar-refractivity contribution is 6.21. The molecule has 1 N–H and O–H groups in total. The molecule has 0 spiro atoms. The number of anilines is 1. The Kier molecular flexibility index (Phi) is 3.64. The summed E-state index contributed by atoms with van der Waals surface area (Å²) in [7, 11) is 0. The zero-order valence-corrected chi connectivity index (χ0v) is 14.2. The first-order chi connectivity index (χ1) is 12.0. The molecule has 2 aromatic rings. The first kappa shape index (κ1) is 15.6. The topological polar surface area (TPSA) is 61.8 Å². The van der Waals surface area contributed by atoms with Crippen molar-refractivity contribution in [2.45, 2.75) is 26.4 Å². The lowest BCUT2D eigenvalue weighted by Gasteiger charge is -2.20. The van der Waals surface area contributed by atoms with Crippen LogP contribution in [0.1, 0.15) is 29.2 Å². The molecule has 1 unspecified atom stereocenters. The molecule has 2 aliphatic heterocycles. The van der Waals surface area contributed by atoms with E-state index in [1.165, 1.54) is 6.92 Å². The van der Waals surface area contributed by atoms with Gasteiger partial charge in [-0.3, -0.25) is 9.59 Å². The summed E-state index contributed by atoms with van der Waals surface area (Å²) in [6, 6.07) is 14.0. The first-order valence-corrected chi connectivity index (χ1v) is 8.40. The molecule has 5 heteroatoms. The molecule has 5 nitrogen and oxygen atoms in total. The molecule has 0 saturated heterocycles. The Morgan fingerprint density at radius 3 is 2.72 bits per heavy atom. The van der Waals surface area contributed by atoms with Crippen LogP contribution >= 0.6 is 0 Å². The number of carbonyl (C=O) groups excluding carboxylic acids is 2. The number of aliphatic imine (C=N–C) groups is 1. The third-order valence-electron chi connectivity index (χ3n) is 4.61. The number of amides is 2. The van der Waals surface area contributed by atoms with Crippen molar-refractivity contribution in [3.63, 3.8) is 0 Å². The molecular weight excluding hydrogens is 314 g/mol. The van der Waals surface area contributed by atoms with Crippen LogP contribution in [-0.2, 0) is 16.0 Å². The van der Waals surface area contributed by atoms with Crippen molar-refractivity contribution in [3.8, 4) is 0 Å². The number of hydrogen-bond acceptors (Lipinski definition) is 3. The summed E-state index contributed by atoms with van der Waals surface area (Å²) in [4.78, 5) is 31.0. The highest BCUT2D eigenvalue weighted by atomic mass is 16.2. The van der Waals surface area contributed by atoms with E-state index in [0.717, 1.165) is 40.1 Å². The fraction of sp³-hybridized carbons (Fsp3) is 0.250. The van der Waals surface area contributed by atoms with E-state index in [9.17, 15) is 9.59 Å². The number of benzene rings is 2. The van der Waals surface area contributed by atoms with E-state index in [-0.39, 0.29) is 11.8 Å². The first-order valence-electron chi connectivity index (χ1n) is 8.40. The zero-order chi connectivity index (χ0) is 17.6. The van der Waals surface area contributed by atoms with Gasteiger partial charge < -0.3 is 10.2 Å². The molecule has 0 aliphatic carbocycles. The number of nitrogens with one attached hydrogen (secondary N) is 1. The van der Waals surface area contributed by atoms with Gasteiger partial charge in [-0.25, -0.2) is 4.99 Å². The van der Waals surface area contributed by atoms with Gasteiger partial charge in [0.2, 0.25) is 12.1 Å². The maximum absolute atomic E-state index is 13.0. The van der Waals surface area contributed by atoms with Crippen LogP contribution in [0.4, 0.5) is 5.69 Å². The normalized spacial score (nSPS) is 18.5. The maximum atomic E-state index is 13.0. The van der Waals surface area contributed by atoms with Crippen LogP contribution in [0.15, 0.2) is 47.5 Å². The second-order valence-corrected chi connectivity index (χ2v) is 6.51. The summed E-state index contributed by atoms with van der Waals surface area (Å²) in [5.41, 5.74) is 5.88. The van der Waals surface area contributed by atoms with Crippen LogP contribution in [0, 0.1) is 6.92 Å². The van der Waals surface area contributed by atoms with Gasteiger partial charge in [0.25, 0.3) is 5.91 Å². The quantitative estimate of drug-likeness (QED) is 0.916. The second-order valence-electron chi connectivity index (χ2n) is 6.51. The molecule has 2 heterocycles. The van der Waals surface area contributed by atoms with E-state index >= 15 is 0 Å². The Bertz CT molecular complexity index is 903. The van der Waals surface area contributed by atoms with Crippen LogP contribution in [0.5, 0.6) is 0 Å². The van der Waals surface area contributed by atoms with Crippen molar-refractivity contribution < 1.29 is 9.59 Å². The predicted octanol–water partition coefficient (Wildman–Crippen LogP) is 2.20. The third kappa shape index (κ3) is 2.61. The monoisotopic (exact) mass is 333 g/mol. The van der Waals surface area contributed by atoms with Crippen LogP contribution in [0.2, 0.25) is 0 Å². The van der Waals surface area contributed by atoms with Crippen LogP contribution in [0.3, 0.4) is 0 Å². The average Bonchev–Trinajstić information content (AvgIpc) is 2.96. The van der Waals surface area contributed by atoms with E-state index in [4.69, 9.17) is 0 Å². The Morgan fingerprint density at radius 1 is 1.24 bits per heavy atom. The van der Waals surface area contributed by atoms with E-state index in [2.05, 4.69) is 29.4 Å². The number of hydrogen-bond donors (Lipinski definition) is 1. The second kappa shape index (κ2) is 5.84. The van der Waals surface area contributed by atoms with Crippen LogP contribution < -0.4 is 10.2 Å². The van der Waals surface area contributed by atoms with Gasteiger partial charge >= 0.3 is 0 Å². The largest absolute Gasteiger partial charge is 0.327 e. The fourth-order valence-electron chi connectivity index (χ4n) is 3.62. The van der Waals surface area contributed by atoms with Crippen molar-refractivity contribution in [2.75, 3.05) is 11.4 Å². The lowest BCUT2D eigenvalue weighted by molar-refractivity contribution is -0.126. The number of carbonyl (C=O) groups is 2. The maximum Gasteiger partial charge on any atom is 0.272 e. The molecular formula is C20H19N3O2. The molecule has 2 aromatic carbocycles. The number of nitrogens with zero attached hydrogens (tertiary/aromatic N) is 2. The minimum atomic E-state index is -0.897. The van der Waals surface area contributed by atoms with Gasteiger partial charge in [0.05, 0.1) is 11.4 Å². The van der Waals surface area contributed by atoms with Crippen molar-refractivity contribution in [1.82, 2.24) is 5.32 Å². The van der Waals surface area contributed by atoms with Gasteiger partial charge in [-0.15, -0.1) is 0 Å². The summed E-state index contributed by atoms with van der Waals surface area (Å²) in [6.07, 6.45) is -0.0729. The highest BCUT2D eigenvalue weighted by Gasteiger charge is 2.36. The Morgan fingerprint density at radius 2 is 2.00 bits per heavy atom. The fourth-order valence-corrected chi connectivity index (χ4v) is 3.62. The summed E-state index contributed by atoms with van der Waals surface area (Å²) in [5.74, 6) is -0.443. The molecule has 4 rings (SSSR count). The SMILES string of the molecule is CC(=O)NC1N=C(c2ccccc2)c2cc(C)cc3c2N(CC3)C1=O. The van der Waals surface area contributed by atoms with E-state index in [1.54, 1.807) is 4.90 Å². The van der Waals surface area contributed by atoms with Gasteiger partial charge in [-0.1, -0.05) is 42.0 Å². The summed E-state index contributed by atoms with van der Waals surface area (Å²) in [5, 5.41) is 2.69. The van der Waals surface area contributed by atoms with E-state index < -0.39 is 6.17 Å². The van der Waals surface area contributed by atoms with Crippen molar-refractivity contribution >= 4 is 23.2 Å². The smallest absolute Gasteiger partial charge is 0.272 e. The van der Waals surface area contributed by atoms with E-state index in [1.807, 2.05) is 30.3 Å². The lowest BCUT2D eigenvalue weighted by atomic mass is 9.96. The van der Waals surface area contributed by atoms with Gasteiger partial charge in [0.15, 0.2) is 0 Å². The Labute approximate surface area is 146 Å². The van der Waals surface area contributed by atoms with Gasteiger partial charge in [0.1, 0.15) is 0 Å². The predicted molar refractivity (Wildman–Crippen MR) is 96.9 cm³/mol. The van der Waals surface area contributed by atoms with Gasteiger partial charge in [-0.2, -0.15) is 0 Å². The molecule has 0 saturated carbocycles. The van der Waals surface area contributed by atoms with Crippen molar-refractivity contribution in [2.24, 2.45) is 4.99 Å². The summed E-state index contributed by atoms with van der Waals surface area (Å²) < 4.78 is 0. The van der Waals surface area contributed by atoms with Crippen LogP contribution in [0.25, 0.3) is 0 Å². The lowest BCUT2D eigenvalue weighted by Crippen LogP contribution is -2.46. The van der Waals surface area contributed by atoms with Crippen LogP contribution in [-0.4, -0.2) is 30.2 Å².